The molecule has 1 saturated carbocycles. The molecule has 0 aromatic carbocycles. The predicted octanol–water partition coefficient (Wildman–Crippen LogP) is 1.98. The molecule has 3 aromatic rings. The van der Waals surface area contributed by atoms with Gasteiger partial charge in [-0.3, -0.25) is 4.68 Å². The topological polar surface area (TPSA) is 94.3 Å². The highest BCUT2D eigenvalue weighted by Gasteiger charge is 2.28. The highest BCUT2D eigenvalue weighted by molar-refractivity contribution is 5.77. The minimum absolute atomic E-state index is 0.201. The van der Waals surface area contributed by atoms with Gasteiger partial charge in [0.15, 0.2) is 5.65 Å². The zero-order valence-corrected chi connectivity index (χ0v) is 13.8. The highest BCUT2D eigenvalue weighted by Crippen LogP contribution is 2.38. The fourth-order valence-corrected chi connectivity index (χ4v) is 3.78. The number of nitrogens with two attached hydrogens (primary N) is 1. The Kier molecular flexibility index (Phi) is 3.72. The van der Waals surface area contributed by atoms with E-state index in [-0.39, 0.29) is 18.4 Å². The molecule has 3 heterocycles. The molecule has 7 nitrogen and oxygen atoms in total. The molecule has 126 valence electrons. The molecule has 3 N–H and O–H groups in total. The van der Waals surface area contributed by atoms with E-state index in [1.54, 1.807) is 21.6 Å². The van der Waals surface area contributed by atoms with Crippen LogP contribution in [0.5, 0.6) is 0 Å². The normalized spacial score (nSPS) is 21.4. The second-order valence-corrected chi connectivity index (χ2v) is 6.64. The van der Waals surface area contributed by atoms with Crippen LogP contribution >= 0.6 is 0 Å². The molecule has 0 amide bonds. The summed E-state index contributed by atoms with van der Waals surface area (Å²) in [5.74, 6) is 1.10. The number of aromatic nitrogens is 5. The van der Waals surface area contributed by atoms with Crippen molar-refractivity contribution in [3.05, 3.63) is 30.4 Å². The Balaban J connectivity index is 1.83. The number of aliphatic hydroxyl groups excluding tert-OH is 1. The van der Waals surface area contributed by atoms with Gasteiger partial charge in [-0.15, -0.1) is 0 Å². The summed E-state index contributed by atoms with van der Waals surface area (Å²) < 4.78 is 3.43. The highest BCUT2D eigenvalue weighted by atomic mass is 16.3. The number of hydrogen-bond acceptors (Lipinski definition) is 5. The first-order valence-electron chi connectivity index (χ1n) is 8.41. The molecule has 2 atom stereocenters. The fourth-order valence-electron chi connectivity index (χ4n) is 3.78. The van der Waals surface area contributed by atoms with Crippen LogP contribution in [0.25, 0.3) is 16.8 Å². The van der Waals surface area contributed by atoms with E-state index in [0.29, 0.717) is 5.82 Å². The van der Waals surface area contributed by atoms with E-state index in [9.17, 15) is 5.11 Å². The molecule has 0 bridgehead atoms. The van der Waals surface area contributed by atoms with Crippen LogP contribution in [0.3, 0.4) is 0 Å². The van der Waals surface area contributed by atoms with E-state index >= 15 is 0 Å². The summed E-state index contributed by atoms with van der Waals surface area (Å²) in [7, 11) is 1.89. The summed E-state index contributed by atoms with van der Waals surface area (Å²) in [6, 6.07) is 1.91. The molecule has 1 fully saturated rings. The van der Waals surface area contributed by atoms with Gasteiger partial charge >= 0.3 is 0 Å². The minimum Gasteiger partial charge on any atom is -0.396 e. The Hall–Kier alpha value is -2.41. The summed E-state index contributed by atoms with van der Waals surface area (Å²) in [5.41, 5.74) is 9.83. The van der Waals surface area contributed by atoms with Crippen LogP contribution in [0, 0.1) is 5.92 Å². The number of aliphatic hydroxyl groups is 1. The lowest BCUT2D eigenvalue weighted by molar-refractivity contribution is 0.168. The van der Waals surface area contributed by atoms with Crippen molar-refractivity contribution >= 4 is 11.5 Å². The van der Waals surface area contributed by atoms with Crippen molar-refractivity contribution in [3.63, 3.8) is 0 Å². The number of aryl methyl sites for hydroxylation is 1. The molecule has 0 unspecified atom stereocenters. The molecular weight excluding hydrogens is 304 g/mol. The van der Waals surface area contributed by atoms with Gasteiger partial charge in [0.25, 0.3) is 0 Å². The van der Waals surface area contributed by atoms with Gasteiger partial charge in [-0.05, 0) is 18.8 Å². The smallest absolute Gasteiger partial charge is 0.165 e. The van der Waals surface area contributed by atoms with Gasteiger partial charge < -0.3 is 10.8 Å². The maximum Gasteiger partial charge on any atom is 0.165 e. The Labute approximate surface area is 140 Å². The van der Waals surface area contributed by atoms with Crippen molar-refractivity contribution < 1.29 is 5.11 Å². The Morgan fingerprint density at radius 3 is 2.83 bits per heavy atom. The lowest BCUT2D eigenvalue weighted by Gasteiger charge is -2.29. The van der Waals surface area contributed by atoms with Gasteiger partial charge in [-0.2, -0.15) is 14.7 Å². The van der Waals surface area contributed by atoms with Crippen LogP contribution in [0.4, 0.5) is 5.82 Å². The van der Waals surface area contributed by atoms with E-state index in [1.807, 2.05) is 19.3 Å². The van der Waals surface area contributed by atoms with E-state index in [0.717, 1.165) is 35.3 Å². The summed E-state index contributed by atoms with van der Waals surface area (Å²) in [6.07, 6.45) is 9.96. The number of anilines is 1. The SMILES string of the molecule is Cn1cc(-c2cnn3c(N)cc([C@H]4CCCC[C@@H]4CO)nc23)cn1. The first kappa shape index (κ1) is 15.1. The molecule has 7 heteroatoms. The Morgan fingerprint density at radius 2 is 2.08 bits per heavy atom. The van der Waals surface area contributed by atoms with E-state index < -0.39 is 0 Å². The monoisotopic (exact) mass is 326 g/mol. The van der Waals surface area contributed by atoms with Crippen LogP contribution < -0.4 is 5.73 Å². The van der Waals surface area contributed by atoms with E-state index in [4.69, 9.17) is 10.7 Å². The standard InChI is InChI=1S/C17H22N6O/c1-22-9-12(7-19-22)14-8-20-23-16(18)6-15(21-17(14)23)13-5-3-2-4-11(13)10-24/h6-9,11,13,24H,2-5,10,18H2,1H3/t11-,13+/m1/s1. The van der Waals surface area contributed by atoms with Gasteiger partial charge in [-0.1, -0.05) is 12.8 Å². The minimum atomic E-state index is 0.201. The van der Waals surface area contributed by atoms with Crippen LogP contribution in [0.15, 0.2) is 24.7 Å². The molecule has 0 radical (unpaired) electrons. The first-order valence-corrected chi connectivity index (χ1v) is 8.41. The number of rotatable bonds is 3. The van der Waals surface area contributed by atoms with Crippen LogP contribution in [-0.2, 0) is 7.05 Å². The molecule has 1 aliphatic carbocycles. The Morgan fingerprint density at radius 1 is 1.25 bits per heavy atom. The molecule has 0 saturated heterocycles. The van der Waals surface area contributed by atoms with Crippen LogP contribution in [-0.4, -0.2) is 36.1 Å². The molecule has 0 aliphatic heterocycles. The number of nitrogen functional groups attached to an aromatic ring is 1. The zero-order valence-electron chi connectivity index (χ0n) is 13.8. The van der Waals surface area contributed by atoms with Crippen LogP contribution in [0.1, 0.15) is 37.3 Å². The lowest BCUT2D eigenvalue weighted by Crippen LogP contribution is -2.22. The second kappa shape index (κ2) is 5.90. The third kappa shape index (κ3) is 2.45. The second-order valence-electron chi connectivity index (χ2n) is 6.64. The fraction of sp³-hybridized carbons (Fsp3) is 0.471. The van der Waals surface area contributed by atoms with Crippen LogP contribution in [0.2, 0.25) is 0 Å². The van der Waals surface area contributed by atoms with Crippen molar-refractivity contribution in [2.45, 2.75) is 31.6 Å². The van der Waals surface area contributed by atoms with Gasteiger partial charge in [0.05, 0.1) is 18.1 Å². The summed E-state index contributed by atoms with van der Waals surface area (Å²) in [6.45, 7) is 0.201. The van der Waals surface area contributed by atoms with Crippen molar-refractivity contribution in [1.29, 1.82) is 0 Å². The average Bonchev–Trinajstić information content (AvgIpc) is 3.21. The molecule has 1 aliphatic rings. The molecule has 3 aromatic heterocycles. The van der Waals surface area contributed by atoms with Crippen molar-refractivity contribution in [2.24, 2.45) is 13.0 Å². The van der Waals surface area contributed by atoms with Gasteiger partial charge in [0, 0.05) is 43.0 Å². The first-order chi connectivity index (χ1) is 11.7. The number of fused-ring (bicyclic) bond motifs is 1. The van der Waals surface area contributed by atoms with Gasteiger partial charge in [0.1, 0.15) is 5.82 Å². The van der Waals surface area contributed by atoms with E-state index in [1.165, 1.54) is 12.8 Å². The molecule has 4 rings (SSSR count). The number of nitrogens with zero attached hydrogens (tertiary/aromatic N) is 5. The third-order valence-corrected chi connectivity index (χ3v) is 5.06. The summed E-state index contributed by atoms with van der Waals surface area (Å²) >= 11 is 0. The average molecular weight is 326 g/mol. The van der Waals surface area contributed by atoms with Crippen molar-refractivity contribution in [2.75, 3.05) is 12.3 Å². The molecular formula is C17H22N6O. The lowest BCUT2D eigenvalue weighted by atomic mass is 9.78. The molecule has 0 spiro atoms. The zero-order chi connectivity index (χ0) is 16.7. The summed E-state index contributed by atoms with van der Waals surface area (Å²) in [4.78, 5) is 4.88. The maximum atomic E-state index is 9.71. The van der Waals surface area contributed by atoms with E-state index in [2.05, 4.69) is 10.2 Å². The Bertz CT molecular complexity index is 867. The maximum absolute atomic E-state index is 9.71. The quantitative estimate of drug-likeness (QED) is 0.767. The predicted molar refractivity (Wildman–Crippen MR) is 91.4 cm³/mol. The summed E-state index contributed by atoms with van der Waals surface area (Å²) in [5, 5.41) is 18.3. The van der Waals surface area contributed by atoms with Gasteiger partial charge in [-0.25, -0.2) is 4.98 Å². The van der Waals surface area contributed by atoms with Crippen molar-refractivity contribution in [1.82, 2.24) is 24.4 Å². The third-order valence-electron chi connectivity index (χ3n) is 5.06. The largest absolute Gasteiger partial charge is 0.396 e. The molecule has 24 heavy (non-hydrogen) atoms. The van der Waals surface area contributed by atoms with Crippen molar-refractivity contribution in [3.8, 4) is 11.1 Å². The van der Waals surface area contributed by atoms with Gasteiger partial charge in [0.2, 0.25) is 0 Å². The number of hydrogen-bond donors (Lipinski definition) is 2.